The molecule has 202 valence electrons. The molecule has 0 radical (unpaired) electrons. The van der Waals surface area contributed by atoms with E-state index in [0.29, 0.717) is 36.2 Å². The van der Waals surface area contributed by atoms with E-state index in [4.69, 9.17) is 14.6 Å². The summed E-state index contributed by atoms with van der Waals surface area (Å²) < 4.78 is 10.7. The zero-order chi connectivity index (χ0) is 27.4. The molecule has 0 atom stereocenters. The van der Waals surface area contributed by atoms with Gasteiger partial charge in [-0.25, -0.2) is 9.59 Å². The highest BCUT2D eigenvalue weighted by Gasteiger charge is 2.26. The molecule has 2 aliphatic rings. The van der Waals surface area contributed by atoms with Crippen LogP contribution in [0.25, 0.3) is 11.1 Å². The highest BCUT2D eigenvalue weighted by Crippen LogP contribution is 2.39. The number of nitrogens with one attached hydrogen (secondary N) is 1. The third kappa shape index (κ3) is 5.90. The van der Waals surface area contributed by atoms with E-state index in [2.05, 4.69) is 29.6 Å². The standard InChI is InChI=1S/C31H32N2O6/c1-38-30(36)25-4-2-3-5-26(25)32-31(37)33-16-17-39-28-19-24(14-15-27(28)33)23-12-10-22(11-13-23)21-8-6-20(7-9-21)18-29(34)35/h2-5,10-15,19-21H,6-9,16-18H2,1H3,(H,32,37)(H,34,35). The number of carbonyl (C=O) groups is 3. The van der Waals surface area contributed by atoms with Crippen molar-refractivity contribution in [1.29, 1.82) is 0 Å². The van der Waals surface area contributed by atoms with Gasteiger partial charge in [0.1, 0.15) is 12.4 Å². The molecule has 0 bridgehead atoms. The predicted octanol–water partition coefficient (Wildman–Crippen LogP) is 6.32. The number of carbonyl (C=O) groups excluding carboxylic acids is 2. The molecule has 1 fully saturated rings. The Morgan fingerprint density at radius 3 is 2.41 bits per heavy atom. The average molecular weight is 529 g/mol. The number of amides is 2. The van der Waals surface area contributed by atoms with E-state index in [9.17, 15) is 14.4 Å². The first-order valence-corrected chi connectivity index (χ1v) is 13.3. The normalized spacial score (nSPS) is 18.4. The number of urea groups is 1. The summed E-state index contributed by atoms with van der Waals surface area (Å²) in [6.45, 7) is 0.730. The minimum Gasteiger partial charge on any atom is -0.490 e. The van der Waals surface area contributed by atoms with Crippen molar-refractivity contribution in [3.63, 3.8) is 0 Å². The molecule has 3 aromatic rings. The monoisotopic (exact) mass is 528 g/mol. The van der Waals surface area contributed by atoms with Gasteiger partial charge in [0, 0.05) is 6.42 Å². The lowest BCUT2D eigenvalue weighted by atomic mass is 9.77. The molecule has 8 heteroatoms. The Bertz CT molecular complexity index is 1360. The molecule has 0 unspecified atom stereocenters. The molecule has 1 heterocycles. The van der Waals surface area contributed by atoms with Crippen LogP contribution in [-0.2, 0) is 9.53 Å². The SMILES string of the molecule is COC(=O)c1ccccc1NC(=O)N1CCOc2cc(-c3ccc(C4CCC(CC(=O)O)CC4)cc3)ccc21. The van der Waals surface area contributed by atoms with Crippen LogP contribution in [0.15, 0.2) is 66.7 Å². The lowest BCUT2D eigenvalue weighted by Crippen LogP contribution is -2.41. The number of ether oxygens (including phenoxy) is 2. The second-order valence-corrected chi connectivity index (χ2v) is 10.1. The predicted molar refractivity (Wildman–Crippen MR) is 148 cm³/mol. The number of aliphatic carboxylic acids is 1. The van der Waals surface area contributed by atoms with Gasteiger partial charge < -0.3 is 19.9 Å². The van der Waals surface area contributed by atoms with Gasteiger partial charge in [-0.15, -0.1) is 0 Å². The molecular formula is C31H32N2O6. The lowest BCUT2D eigenvalue weighted by Gasteiger charge is -2.30. The van der Waals surface area contributed by atoms with Crippen LogP contribution in [0.1, 0.15) is 53.9 Å². The van der Waals surface area contributed by atoms with Gasteiger partial charge in [0.15, 0.2) is 0 Å². The first kappa shape index (κ1) is 26.3. The van der Waals surface area contributed by atoms with Crippen molar-refractivity contribution >= 4 is 29.3 Å². The topological polar surface area (TPSA) is 105 Å². The fourth-order valence-corrected chi connectivity index (χ4v) is 5.57. The minimum atomic E-state index is -0.704. The fourth-order valence-electron chi connectivity index (χ4n) is 5.57. The number of fused-ring (bicyclic) bond motifs is 1. The van der Waals surface area contributed by atoms with Crippen LogP contribution >= 0.6 is 0 Å². The summed E-state index contributed by atoms with van der Waals surface area (Å²) in [6, 6.07) is 20.7. The number of hydrogen-bond donors (Lipinski definition) is 2. The van der Waals surface area contributed by atoms with Crippen LogP contribution in [-0.4, -0.2) is 43.3 Å². The Morgan fingerprint density at radius 1 is 0.974 bits per heavy atom. The van der Waals surface area contributed by atoms with Gasteiger partial charge >= 0.3 is 18.0 Å². The number of benzene rings is 3. The second kappa shape index (κ2) is 11.6. The maximum atomic E-state index is 13.2. The van der Waals surface area contributed by atoms with E-state index in [-0.39, 0.29) is 23.9 Å². The number of para-hydroxylation sites is 1. The van der Waals surface area contributed by atoms with Gasteiger partial charge in [0.25, 0.3) is 0 Å². The summed E-state index contributed by atoms with van der Waals surface area (Å²) in [7, 11) is 1.30. The second-order valence-electron chi connectivity index (χ2n) is 10.1. The van der Waals surface area contributed by atoms with Gasteiger partial charge in [0.2, 0.25) is 0 Å². The van der Waals surface area contributed by atoms with E-state index in [1.54, 1.807) is 29.2 Å². The van der Waals surface area contributed by atoms with E-state index in [0.717, 1.165) is 36.8 Å². The Kier molecular flexibility index (Phi) is 7.81. The quantitative estimate of drug-likeness (QED) is 0.363. The van der Waals surface area contributed by atoms with Gasteiger partial charge in [-0.1, -0.05) is 42.5 Å². The van der Waals surface area contributed by atoms with Crippen LogP contribution in [0, 0.1) is 5.92 Å². The zero-order valence-corrected chi connectivity index (χ0v) is 21.9. The van der Waals surface area contributed by atoms with Gasteiger partial charge in [0.05, 0.1) is 30.6 Å². The molecule has 2 amide bonds. The van der Waals surface area contributed by atoms with E-state index in [1.165, 1.54) is 12.7 Å². The molecule has 2 N–H and O–H groups in total. The summed E-state index contributed by atoms with van der Waals surface area (Å²) >= 11 is 0. The summed E-state index contributed by atoms with van der Waals surface area (Å²) in [5.41, 5.74) is 4.66. The number of carboxylic acids is 1. The maximum absolute atomic E-state index is 13.2. The molecular weight excluding hydrogens is 496 g/mol. The Labute approximate surface area is 227 Å². The highest BCUT2D eigenvalue weighted by atomic mass is 16.5. The molecule has 8 nitrogen and oxygen atoms in total. The van der Waals surface area contributed by atoms with Crippen molar-refractivity contribution in [1.82, 2.24) is 0 Å². The smallest absolute Gasteiger partial charge is 0.339 e. The minimum absolute atomic E-state index is 0.270. The maximum Gasteiger partial charge on any atom is 0.339 e. The molecule has 0 aromatic heterocycles. The zero-order valence-electron chi connectivity index (χ0n) is 21.9. The molecule has 39 heavy (non-hydrogen) atoms. The Morgan fingerprint density at radius 2 is 1.69 bits per heavy atom. The van der Waals surface area contributed by atoms with Crippen LogP contribution in [0.5, 0.6) is 5.75 Å². The number of rotatable bonds is 6. The van der Waals surface area contributed by atoms with Crippen molar-refractivity contribution in [2.24, 2.45) is 5.92 Å². The summed E-state index contributed by atoms with van der Waals surface area (Å²) in [5.74, 6) is 0.153. The van der Waals surface area contributed by atoms with Crippen LogP contribution in [0.4, 0.5) is 16.2 Å². The number of esters is 1. The molecule has 5 rings (SSSR count). The Hall–Kier alpha value is -4.33. The summed E-state index contributed by atoms with van der Waals surface area (Å²) in [4.78, 5) is 37.9. The number of anilines is 2. The third-order valence-electron chi connectivity index (χ3n) is 7.67. The number of methoxy groups -OCH3 is 1. The van der Waals surface area contributed by atoms with Crippen molar-refractivity contribution < 1.29 is 29.0 Å². The van der Waals surface area contributed by atoms with Gasteiger partial charge in [-0.3, -0.25) is 9.69 Å². The van der Waals surface area contributed by atoms with Crippen LogP contribution in [0.2, 0.25) is 0 Å². The fraction of sp³-hybridized carbons (Fsp3) is 0.323. The first-order chi connectivity index (χ1) is 18.9. The molecule has 3 aromatic carbocycles. The molecule has 1 saturated carbocycles. The first-order valence-electron chi connectivity index (χ1n) is 13.3. The summed E-state index contributed by atoms with van der Waals surface area (Å²) in [5, 5.41) is 11.9. The molecule has 1 aliphatic heterocycles. The average Bonchev–Trinajstić information content (AvgIpc) is 2.96. The number of hydrogen-bond acceptors (Lipinski definition) is 5. The molecule has 0 spiro atoms. The van der Waals surface area contributed by atoms with Crippen molar-refractivity contribution in [2.75, 3.05) is 30.5 Å². The van der Waals surface area contributed by atoms with Crippen LogP contribution < -0.4 is 15.0 Å². The van der Waals surface area contributed by atoms with Gasteiger partial charge in [-0.2, -0.15) is 0 Å². The van der Waals surface area contributed by atoms with E-state index >= 15 is 0 Å². The lowest BCUT2D eigenvalue weighted by molar-refractivity contribution is -0.138. The van der Waals surface area contributed by atoms with Crippen LogP contribution in [0.3, 0.4) is 0 Å². The number of nitrogens with zero attached hydrogens (tertiary/aromatic N) is 1. The van der Waals surface area contributed by atoms with Crippen molar-refractivity contribution in [2.45, 2.75) is 38.0 Å². The summed E-state index contributed by atoms with van der Waals surface area (Å²) in [6.07, 6.45) is 4.22. The third-order valence-corrected chi connectivity index (χ3v) is 7.67. The van der Waals surface area contributed by atoms with Gasteiger partial charge in [-0.05, 0) is 78.5 Å². The van der Waals surface area contributed by atoms with Crippen molar-refractivity contribution in [3.05, 3.63) is 77.9 Å². The largest absolute Gasteiger partial charge is 0.490 e. The number of carboxylic acid groups (broad SMARTS) is 1. The van der Waals surface area contributed by atoms with E-state index in [1.807, 2.05) is 18.2 Å². The highest BCUT2D eigenvalue weighted by molar-refractivity contribution is 6.07. The molecule has 1 aliphatic carbocycles. The van der Waals surface area contributed by atoms with Crippen molar-refractivity contribution in [3.8, 4) is 16.9 Å². The Balaban J connectivity index is 1.28. The van der Waals surface area contributed by atoms with E-state index < -0.39 is 11.9 Å². The molecule has 0 saturated heterocycles.